The zero-order chi connectivity index (χ0) is 19.4. The van der Waals surface area contributed by atoms with E-state index >= 15 is 0 Å². The number of carbonyl (C=O) groups excluding carboxylic acids is 1. The number of piperidine rings is 1. The lowest BCUT2D eigenvalue weighted by Crippen LogP contribution is -2.43. The number of fused-ring (bicyclic) bond motifs is 1. The van der Waals surface area contributed by atoms with E-state index in [1.807, 2.05) is 42.3 Å². The van der Waals surface area contributed by atoms with Gasteiger partial charge in [0.15, 0.2) is 0 Å². The van der Waals surface area contributed by atoms with Crippen molar-refractivity contribution in [2.75, 3.05) is 33.8 Å². The van der Waals surface area contributed by atoms with Crippen LogP contribution in [0.3, 0.4) is 0 Å². The second-order valence-electron chi connectivity index (χ2n) is 7.19. The highest BCUT2D eigenvalue weighted by Crippen LogP contribution is 2.22. The minimum atomic E-state index is -0.730. The van der Waals surface area contributed by atoms with Gasteiger partial charge in [-0.1, -0.05) is 18.2 Å². The predicted molar refractivity (Wildman–Crippen MR) is 104 cm³/mol. The average Bonchev–Trinajstić information content (AvgIpc) is 2.67. The van der Waals surface area contributed by atoms with Crippen molar-refractivity contribution in [3.63, 3.8) is 0 Å². The van der Waals surface area contributed by atoms with Crippen LogP contribution in [0.15, 0.2) is 36.4 Å². The van der Waals surface area contributed by atoms with Gasteiger partial charge in [-0.2, -0.15) is 0 Å². The van der Waals surface area contributed by atoms with E-state index in [0.29, 0.717) is 39.0 Å². The summed E-state index contributed by atoms with van der Waals surface area (Å²) in [6.45, 7) is 2.21. The molecule has 27 heavy (non-hydrogen) atoms. The third kappa shape index (κ3) is 4.77. The van der Waals surface area contributed by atoms with Crippen LogP contribution in [0, 0.1) is 5.92 Å². The Bertz CT molecular complexity index is 828. The van der Waals surface area contributed by atoms with E-state index in [1.165, 1.54) is 0 Å². The monoisotopic (exact) mass is 370 g/mol. The van der Waals surface area contributed by atoms with E-state index in [4.69, 9.17) is 9.84 Å². The van der Waals surface area contributed by atoms with Crippen molar-refractivity contribution >= 4 is 22.6 Å². The van der Waals surface area contributed by atoms with E-state index in [2.05, 4.69) is 6.07 Å². The van der Waals surface area contributed by atoms with Crippen molar-refractivity contribution in [2.45, 2.75) is 19.4 Å². The third-order valence-electron chi connectivity index (χ3n) is 5.25. The summed E-state index contributed by atoms with van der Waals surface area (Å²) in [5, 5.41) is 11.3. The molecule has 1 heterocycles. The van der Waals surface area contributed by atoms with Gasteiger partial charge in [-0.05, 0) is 60.5 Å². The van der Waals surface area contributed by atoms with Gasteiger partial charge in [-0.3, -0.25) is 14.5 Å². The molecule has 3 rings (SSSR count). The first-order valence-electron chi connectivity index (χ1n) is 9.22. The Hall–Kier alpha value is -2.60. The summed E-state index contributed by atoms with van der Waals surface area (Å²) in [4.78, 5) is 27.3. The van der Waals surface area contributed by atoms with Gasteiger partial charge in [-0.15, -0.1) is 0 Å². The SMILES string of the molecule is COc1ccc2cc(CN(C)C(=O)CN3CCC(C(=O)O)CC3)ccc2c1. The quantitative estimate of drug-likeness (QED) is 0.846. The molecule has 0 bridgehead atoms. The summed E-state index contributed by atoms with van der Waals surface area (Å²) in [7, 11) is 3.46. The maximum absolute atomic E-state index is 12.5. The summed E-state index contributed by atoms with van der Waals surface area (Å²) in [6.07, 6.45) is 1.22. The van der Waals surface area contributed by atoms with Gasteiger partial charge in [0.1, 0.15) is 5.75 Å². The second kappa shape index (κ2) is 8.39. The van der Waals surface area contributed by atoms with Crippen molar-refractivity contribution < 1.29 is 19.4 Å². The number of carboxylic acid groups (broad SMARTS) is 1. The molecule has 0 spiro atoms. The summed E-state index contributed by atoms with van der Waals surface area (Å²) < 4.78 is 5.25. The molecule has 0 unspecified atom stereocenters. The molecule has 0 saturated carbocycles. The van der Waals surface area contributed by atoms with Crippen LogP contribution in [-0.2, 0) is 16.1 Å². The first-order chi connectivity index (χ1) is 13.0. The number of carbonyl (C=O) groups is 2. The number of hydrogen-bond donors (Lipinski definition) is 1. The molecule has 144 valence electrons. The van der Waals surface area contributed by atoms with Crippen molar-refractivity contribution in [1.82, 2.24) is 9.80 Å². The van der Waals surface area contributed by atoms with Gasteiger partial charge in [0, 0.05) is 13.6 Å². The number of hydrogen-bond acceptors (Lipinski definition) is 4. The van der Waals surface area contributed by atoms with Crippen LogP contribution in [-0.4, -0.2) is 60.6 Å². The van der Waals surface area contributed by atoms with Gasteiger partial charge in [-0.25, -0.2) is 0 Å². The molecule has 6 heteroatoms. The van der Waals surface area contributed by atoms with Crippen LogP contribution in [0.2, 0.25) is 0 Å². The number of nitrogens with zero attached hydrogens (tertiary/aromatic N) is 2. The summed E-state index contributed by atoms with van der Waals surface area (Å²) in [5.74, 6) is -0.120. The maximum Gasteiger partial charge on any atom is 0.306 e. The first kappa shape index (κ1) is 19.2. The van der Waals surface area contributed by atoms with Crippen LogP contribution < -0.4 is 4.74 Å². The molecule has 1 aliphatic rings. The number of likely N-dealkylation sites (N-methyl/N-ethyl adjacent to an activating group) is 1. The Morgan fingerprint density at radius 3 is 2.48 bits per heavy atom. The lowest BCUT2D eigenvalue weighted by molar-refractivity contribution is -0.143. The molecule has 1 amide bonds. The molecule has 2 aromatic rings. The molecule has 0 atom stereocenters. The minimum absolute atomic E-state index is 0.0543. The van der Waals surface area contributed by atoms with Crippen LogP contribution in [0.25, 0.3) is 10.8 Å². The number of methoxy groups -OCH3 is 1. The van der Waals surface area contributed by atoms with E-state index < -0.39 is 5.97 Å². The molecular formula is C21H26N2O4. The highest BCUT2D eigenvalue weighted by atomic mass is 16.5. The fourth-order valence-corrected chi connectivity index (χ4v) is 3.51. The Morgan fingerprint density at radius 1 is 1.15 bits per heavy atom. The number of likely N-dealkylation sites (tertiary alicyclic amines) is 1. The molecule has 1 fully saturated rings. The molecular weight excluding hydrogens is 344 g/mol. The highest BCUT2D eigenvalue weighted by molar-refractivity contribution is 5.84. The number of ether oxygens (including phenoxy) is 1. The normalized spacial score (nSPS) is 15.6. The van der Waals surface area contributed by atoms with E-state index in [1.54, 1.807) is 12.0 Å². The highest BCUT2D eigenvalue weighted by Gasteiger charge is 2.26. The van der Waals surface area contributed by atoms with Crippen LogP contribution in [0.4, 0.5) is 0 Å². The van der Waals surface area contributed by atoms with Gasteiger partial charge in [0.05, 0.1) is 19.6 Å². The minimum Gasteiger partial charge on any atom is -0.497 e. The van der Waals surface area contributed by atoms with Crippen molar-refractivity contribution in [3.8, 4) is 5.75 Å². The van der Waals surface area contributed by atoms with E-state index in [-0.39, 0.29) is 11.8 Å². The third-order valence-corrected chi connectivity index (χ3v) is 5.25. The van der Waals surface area contributed by atoms with E-state index in [9.17, 15) is 9.59 Å². The van der Waals surface area contributed by atoms with Gasteiger partial charge >= 0.3 is 5.97 Å². The van der Waals surface area contributed by atoms with Crippen molar-refractivity contribution in [3.05, 3.63) is 42.0 Å². The second-order valence-corrected chi connectivity index (χ2v) is 7.19. The molecule has 0 radical (unpaired) electrons. The van der Waals surface area contributed by atoms with Gasteiger partial charge in [0.25, 0.3) is 0 Å². The molecule has 0 aromatic heterocycles. The van der Waals surface area contributed by atoms with Gasteiger partial charge < -0.3 is 14.7 Å². The smallest absolute Gasteiger partial charge is 0.306 e. The number of carboxylic acids is 1. The van der Waals surface area contributed by atoms with E-state index in [0.717, 1.165) is 22.1 Å². The number of amides is 1. The molecule has 2 aromatic carbocycles. The Kier molecular flexibility index (Phi) is 5.96. The standard InChI is InChI=1S/C21H26N2O4/c1-22(20(24)14-23-9-7-16(8-10-23)21(25)26)13-15-3-4-18-12-19(27-2)6-5-17(18)11-15/h3-6,11-12,16H,7-10,13-14H2,1-2H3,(H,25,26). The molecule has 1 N–H and O–H groups in total. The number of rotatable bonds is 6. The Labute approximate surface area is 159 Å². The first-order valence-corrected chi connectivity index (χ1v) is 9.22. The summed E-state index contributed by atoms with van der Waals surface area (Å²) in [5.41, 5.74) is 1.08. The Morgan fingerprint density at radius 2 is 1.81 bits per heavy atom. The maximum atomic E-state index is 12.5. The summed E-state index contributed by atoms with van der Waals surface area (Å²) >= 11 is 0. The molecule has 1 aliphatic heterocycles. The summed E-state index contributed by atoms with van der Waals surface area (Å²) in [6, 6.07) is 12.1. The largest absolute Gasteiger partial charge is 0.497 e. The lowest BCUT2D eigenvalue weighted by atomic mass is 9.97. The molecule has 0 aliphatic carbocycles. The van der Waals surface area contributed by atoms with Crippen molar-refractivity contribution in [1.29, 1.82) is 0 Å². The zero-order valence-corrected chi connectivity index (χ0v) is 15.9. The average molecular weight is 370 g/mol. The fraction of sp³-hybridized carbons (Fsp3) is 0.429. The van der Waals surface area contributed by atoms with Gasteiger partial charge in [0.2, 0.25) is 5.91 Å². The topological polar surface area (TPSA) is 70.1 Å². The number of benzene rings is 2. The zero-order valence-electron chi connectivity index (χ0n) is 15.9. The van der Waals surface area contributed by atoms with Crippen LogP contribution in [0.5, 0.6) is 5.75 Å². The van der Waals surface area contributed by atoms with Crippen molar-refractivity contribution in [2.24, 2.45) is 5.92 Å². The predicted octanol–water partition coefficient (Wildman–Crippen LogP) is 2.60. The number of aliphatic carboxylic acids is 1. The van der Waals surface area contributed by atoms with Crippen LogP contribution in [0.1, 0.15) is 18.4 Å². The fourth-order valence-electron chi connectivity index (χ4n) is 3.51. The molecule has 1 saturated heterocycles. The molecule has 6 nitrogen and oxygen atoms in total. The van der Waals surface area contributed by atoms with Crippen LogP contribution >= 0.6 is 0 Å². The lowest BCUT2D eigenvalue weighted by Gasteiger charge is -2.30. The Balaban J connectivity index is 1.56.